The van der Waals surface area contributed by atoms with Crippen LogP contribution < -0.4 is 9.47 Å². The molecule has 2 aromatic carbocycles. The van der Waals surface area contributed by atoms with Gasteiger partial charge in [0.05, 0.1) is 6.61 Å². The van der Waals surface area contributed by atoms with E-state index in [0.717, 1.165) is 17.7 Å². The van der Waals surface area contributed by atoms with Crippen LogP contribution in [0, 0.1) is 11.3 Å². The van der Waals surface area contributed by atoms with E-state index < -0.39 is 5.97 Å². The third kappa shape index (κ3) is 7.00. The minimum Gasteiger partial charge on any atom is -0.490 e. The Labute approximate surface area is 172 Å². The quantitative estimate of drug-likeness (QED) is 0.242. The van der Waals surface area contributed by atoms with E-state index in [1.807, 2.05) is 18.2 Å². The number of carbonyl (C=O) groups is 1. The lowest BCUT2D eigenvalue weighted by Gasteiger charge is -2.11. The van der Waals surface area contributed by atoms with Gasteiger partial charge in [-0.2, -0.15) is 5.26 Å². The SMILES string of the molecule is CCOC(=O)/C(C#N)=C/c1ccc(OCCOc2ccc([C@@H](C)CC)cc2)cc1. The number of ether oxygens (including phenoxy) is 3. The molecule has 0 unspecified atom stereocenters. The van der Waals surface area contributed by atoms with E-state index in [9.17, 15) is 4.79 Å². The van der Waals surface area contributed by atoms with Crippen molar-refractivity contribution < 1.29 is 19.0 Å². The monoisotopic (exact) mass is 393 g/mol. The summed E-state index contributed by atoms with van der Waals surface area (Å²) in [5, 5.41) is 9.07. The van der Waals surface area contributed by atoms with Crippen LogP contribution in [-0.4, -0.2) is 25.8 Å². The molecule has 29 heavy (non-hydrogen) atoms. The maximum Gasteiger partial charge on any atom is 0.348 e. The second-order valence-electron chi connectivity index (χ2n) is 6.53. The van der Waals surface area contributed by atoms with Crippen molar-refractivity contribution in [2.45, 2.75) is 33.1 Å². The molecule has 0 N–H and O–H groups in total. The van der Waals surface area contributed by atoms with E-state index in [-0.39, 0.29) is 12.2 Å². The van der Waals surface area contributed by atoms with Crippen LogP contribution >= 0.6 is 0 Å². The Morgan fingerprint density at radius 3 is 2.03 bits per heavy atom. The molecule has 0 spiro atoms. The van der Waals surface area contributed by atoms with Gasteiger partial charge in [0.15, 0.2) is 0 Å². The van der Waals surface area contributed by atoms with Crippen molar-refractivity contribution in [1.82, 2.24) is 0 Å². The molecule has 0 bridgehead atoms. The molecule has 5 heteroatoms. The molecule has 0 aromatic heterocycles. The number of rotatable bonds is 10. The van der Waals surface area contributed by atoms with Crippen LogP contribution in [0.15, 0.2) is 54.1 Å². The predicted molar refractivity (Wildman–Crippen MR) is 113 cm³/mol. The van der Waals surface area contributed by atoms with Crippen molar-refractivity contribution in [3.8, 4) is 17.6 Å². The van der Waals surface area contributed by atoms with E-state index in [1.54, 1.807) is 31.2 Å². The largest absolute Gasteiger partial charge is 0.490 e. The fourth-order valence-corrected chi connectivity index (χ4v) is 2.62. The van der Waals surface area contributed by atoms with Crippen LogP contribution in [0.3, 0.4) is 0 Å². The zero-order chi connectivity index (χ0) is 21.1. The molecular weight excluding hydrogens is 366 g/mol. The van der Waals surface area contributed by atoms with Gasteiger partial charge in [-0.15, -0.1) is 0 Å². The third-order valence-corrected chi connectivity index (χ3v) is 4.49. The fourth-order valence-electron chi connectivity index (χ4n) is 2.62. The van der Waals surface area contributed by atoms with Crippen LogP contribution in [0.2, 0.25) is 0 Å². The summed E-state index contributed by atoms with van der Waals surface area (Å²) in [4.78, 5) is 11.7. The van der Waals surface area contributed by atoms with Gasteiger partial charge < -0.3 is 14.2 Å². The molecule has 0 amide bonds. The highest BCUT2D eigenvalue weighted by Crippen LogP contribution is 2.21. The normalized spacial score (nSPS) is 12.0. The summed E-state index contributed by atoms with van der Waals surface area (Å²) in [5.41, 5.74) is 2.00. The minimum absolute atomic E-state index is 0.0340. The van der Waals surface area contributed by atoms with Gasteiger partial charge in [-0.1, -0.05) is 38.1 Å². The number of nitrogens with zero attached hydrogens (tertiary/aromatic N) is 1. The first-order chi connectivity index (χ1) is 14.1. The van der Waals surface area contributed by atoms with Crippen molar-refractivity contribution >= 4 is 12.0 Å². The lowest BCUT2D eigenvalue weighted by Crippen LogP contribution is -2.09. The molecule has 2 aromatic rings. The maximum absolute atomic E-state index is 11.7. The summed E-state index contributed by atoms with van der Waals surface area (Å²) in [7, 11) is 0. The first-order valence-electron chi connectivity index (χ1n) is 9.81. The van der Waals surface area contributed by atoms with Gasteiger partial charge in [0.25, 0.3) is 0 Å². The summed E-state index contributed by atoms with van der Waals surface area (Å²) in [6, 6.07) is 17.2. The van der Waals surface area contributed by atoms with Crippen LogP contribution in [0.25, 0.3) is 6.08 Å². The number of nitriles is 1. The predicted octanol–water partition coefficient (Wildman–Crippen LogP) is 5.13. The molecule has 1 atom stereocenters. The highest BCUT2D eigenvalue weighted by Gasteiger charge is 2.09. The van der Waals surface area contributed by atoms with Gasteiger partial charge in [0.2, 0.25) is 0 Å². The molecule has 0 saturated carbocycles. The van der Waals surface area contributed by atoms with Crippen molar-refractivity contribution in [3.63, 3.8) is 0 Å². The van der Waals surface area contributed by atoms with Crippen LogP contribution in [0.4, 0.5) is 0 Å². The van der Waals surface area contributed by atoms with Gasteiger partial charge in [0.1, 0.15) is 36.4 Å². The maximum atomic E-state index is 11.7. The van der Waals surface area contributed by atoms with Gasteiger partial charge in [0, 0.05) is 0 Å². The van der Waals surface area contributed by atoms with E-state index in [0.29, 0.717) is 24.9 Å². The average Bonchev–Trinajstić information content (AvgIpc) is 2.76. The van der Waals surface area contributed by atoms with Crippen molar-refractivity contribution in [3.05, 3.63) is 65.2 Å². The zero-order valence-corrected chi connectivity index (χ0v) is 17.2. The minimum atomic E-state index is -0.621. The Balaban J connectivity index is 1.81. The lowest BCUT2D eigenvalue weighted by molar-refractivity contribution is -0.137. The second kappa shape index (κ2) is 11.6. The lowest BCUT2D eigenvalue weighted by atomic mass is 9.99. The van der Waals surface area contributed by atoms with E-state index in [2.05, 4.69) is 26.0 Å². The highest BCUT2D eigenvalue weighted by molar-refractivity contribution is 5.97. The first kappa shape index (κ1) is 22.0. The molecule has 0 aliphatic carbocycles. The summed E-state index contributed by atoms with van der Waals surface area (Å²) < 4.78 is 16.2. The second-order valence-corrected chi connectivity index (χ2v) is 6.53. The summed E-state index contributed by atoms with van der Waals surface area (Å²) in [5.74, 6) is 1.44. The number of esters is 1. The first-order valence-corrected chi connectivity index (χ1v) is 9.81. The fraction of sp³-hybridized carbons (Fsp3) is 0.333. The molecule has 5 nitrogen and oxygen atoms in total. The molecule has 152 valence electrons. The Hall–Kier alpha value is -3.26. The molecule has 0 aliphatic heterocycles. The Morgan fingerprint density at radius 1 is 1.00 bits per heavy atom. The molecule has 0 heterocycles. The van der Waals surface area contributed by atoms with E-state index in [1.165, 1.54) is 11.6 Å². The number of benzene rings is 2. The number of hydrogen-bond donors (Lipinski definition) is 0. The average molecular weight is 393 g/mol. The van der Waals surface area contributed by atoms with Gasteiger partial charge >= 0.3 is 5.97 Å². The van der Waals surface area contributed by atoms with Gasteiger partial charge in [-0.25, -0.2) is 4.79 Å². The summed E-state index contributed by atoms with van der Waals surface area (Å²) >= 11 is 0. The van der Waals surface area contributed by atoms with Crippen molar-refractivity contribution in [2.24, 2.45) is 0 Å². The molecule has 2 rings (SSSR count). The van der Waals surface area contributed by atoms with Crippen LogP contribution in [0.1, 0.15) is 44.2 Å². The summed E-state index contributed by atoms with van der Waals surface area (Å²) in [6.07, 6.45) is 2.61. The highest BCUT2D eigenvalue weighted by atomic mass is 16.5. The van der Waals surface area contributed by atoms with Crippen molar-refractivity contribution in [2.75, 3.05) is 19.8 Å². The topological polar surface area (TPSA) is 68.6 Å². The van der Waals surface area contributed by atoms with Gasteiger partial charge in [-0.05, 0) is 60.7 Å². The molecule has 0 saturated heterocycles. The molecule has 0 fully saturated rings. The van der Waals surface area contributed by atoms with Crippen molar-refractivity contribution in [1.29, 1.82) is 5.26 Å². The van der Waals surface area contributed by atoms with Crippen LogP contribution in [-0.2, 0) is 9.53 Å². The van der Waals surface area contributed by atoms with E-state index in [4.69, 9.17) is 19.5 Å². The standard InChI is InChI=1S/C24H27NO4/c1-4-18(3)20-8-12-23(13-9-20)29-15-14-28-22-10-6-19(7-11-22)16-21(17-25)24(26)27-5-2/h6-13,16,18H,4-5,14-15H2,1-3H3/b21-16+/t18-/m0/s1. The molecule has 0 aliphatic rings. The Kier molecular flexibility index (Phi) is 8.78. The molecular formula is C24H27NO4. The molecule has 0 radical (unpaired) electrons. The number of hydrogen-bond acceptors (Lipinski definition) is 5. The van der Waals surface area contributed by atoms with Crippen LogP contribution in [0.5, 0.6) is 11.5 Å². The third-order valence-electron chi connectivity index (χ3n) is 4.49. The smallest absolute Gasteiger partial charge is 0.348 e. The zero-order valence-electron chi connectivity index (χ0n) is 17.2. The number of carbonyl (C=O) groups excluding carboxylic acids is 1. The van der Waals surface area contributed by atoms with E-state index >= 15 is 0 Å². The van der Waals surface area contributed by atoms with Gasteiger partial charge in [-0.3, -0.25) is 0 Å². The Morgan fingerprint density at radius 2 is 1.55 bits per heavy atom. The Bertz CT molecular complexity index is 848. The summed E-state index contributed by atoms with van der Waals surface area (Å²) in [6.45, 7) is 7.17.